The van der Waals surface area contributed by atoms with Crippen LogP contribution in [0.3, 0.4) is 0 Å². The molecule has 19 heavy (non-hydrogen) atoms. The van der Waals surface area contributed by atoms with Gasteiger partial charge in [-0.2, -0.15) is 0 Å². The van der Waals surface area contributed by atoms with Crippen molar-refractivity contribution < 1.29 is 19.1 Å². The predicted octanol–water partition coefficient (Wildman–Crippen LogP) is 2.72. The van der Waals surface area contributed by atoms with Crippen LogP contribution in [-0.2, 0) is 19.1 Å². The van der Waals surface area contributed by atoms with Crippen molar-refractivity contribution in [3.8, 4) is 0 Å². The molecule has 4 nitrogen and oxygen atoms in total. The van der Waals surface area contributed by atoms with Crippen molar-refractivity contribution in [2.75, 3.05) is 0 Å². The highest BCUT2D eigenvalue weighted by Crippen LogP contribution is 2.30. The molecule has 1 aliphatic rings. The van der Waals surface area contributed by atoms with Crippen LogP contribution < -0.4 is 0 Å². The summed E-state index contributed by atoms with van der Waals surface area (Å²) in [7, 11) is 0. The fourth-order valence-electron chi connectivity index (χ4n) is 2.70. The molecular formula is C15H24O4. The lowest BCUT2D eigenvalue weighted by molar-refractivity contribution is -0.163. The van der Waals surface area contributed by atoms with Crippen LogP contribution in [0.25, 0.3) is 0 Å². The number of carbonyl (C=O) groups excluding carboxylic acids is 2. The van der Waals surface area contributed by atoms with E-state index in [1.165, 1.54) is 6.92 Å². The van der Waals surface area contributed by atoms with Gasteiger partial charge in [0.15, 0.2) is 0 Å². The molecule has 0 unspecified atom stereocenters. The lowest BCUT2D eigenvalue weighted by Crippen LogP contribution is -2.43. The van der Waals surface area contributed by atoms with Crippen LogP contribution in [0.1, 0.15) is 41.5 Å². The molecule has 0 aromatic carbocycles. The summed E-state index contributed by atoms with van der Waals surface area (Å²) < 4.78 is 10.9. The monoisotopic (exact) mass is 268 g/mol. The Morgan fingerprint density at radius 3 is 2.42 bits per heavy atom. The zero-order chi connectivity index (χ0) is 14.7. The second-order valence-electron chi connectivity index (χ2n) is 5.76. The van der Waals surface area contributed by atoms with Crippen molar-refractivity contribution in [3.05, 3.63) is 11.6 Å². The molecular weight excluding hydrogens is 244 g/mol. The van der Waals surface area contributed by atoms with Crippen molar-refractivity contribution >= 4 is 11.9 Å². The quantitative estimate of drug-likeness (QED) is 0.736. The Hall–Kier alpha value is -1.32. The fourth-order valence-corrected chi connectivity index (χ4v) is 2.70. The largest absolute Gasteiger partial charge is 0.462 e. The summed E-state index contributed by atoms with van der Waals surface area (Å²) in [5.74, 6) is -0.305. The van der Waals surface area contributed by atoms with Gasteiger partial charge in [0.2, 0.25) is 0 Å². The summed E-state index contributed by atoms with van der Waals surface area (Å²) in [5, 5.41) is 0. The van der Waals surface area contributed by atoms with Crippen LogP contribution in [0, 0.1) is 17.8 Å². The maximum atomic E-state index is 11.7. The van der Waals surface area contributed by atoms with Gasteiger partial charge in [-0.15, -0.1) is 0 Å². The average Bonchev–Trinajstić information content (AvgIpc) is 2.29. The summed E-state index contributed by atoms with van der Waals surface area (Å²) >= 11 is 0. The summed E-state index contributed by atoms with van der Waals surface area (Å²) in [6.07, 6.45) is 1.44. The molecule has 0 aromatic heterocycles. The van der Waals surface area contributed by atoms with E-state index in [0.717, 1.165) is 0 Å². The van der Waals surface area contributed by atoms with Gasteiger partial charge in [0, 0.05) is 24.3 Å². The molecule has 0 saturated heterocycles. The first-order chi connectivity index (χ1) is 8.73. The SMILES string of the molecule is CC(=O)O[C@@H](C(C)C)[C@@H](C)[C@@H]1OC(=O)C(C)=C[C@@H]1C. The Bertz CT molecular complexity index is 384. The minimum Gasteiger partial charge on any atom is -0.462 e. The number of carbonyl (C=O) groups is 2. The molecule has 0 amide bonds. The highest BCUT2D eigenvalue weighted by atomic mass is 16.6. The number of hydrogen-bond donors (Lipinski definition) is 0. The Labute approximate surface area is 115 Å². The number of esters is 2. The predicted molar refractivity (Wildman–Crippen MR) is 72.4 cm³/mol. The summed E-state index contributed by atoms with van der Waals surface area (Å²) in [4.78, 5) is 22.9. The normalized spacial score (nSPS) is 26.5. The van der Waals surface area contributed by atoms with E-state index in [2.05, 4.69) is 0 Å². The Morgan fingerprint density at radius 2 is 1.95 bits per heavy atom. The van der Waals surface area contributed by atoms with Crippen LogP contribution >= 0.6 is 0 Å². The third-order valence-corrected chi connectivity index (χ3v) is 3.59. The van der Waals surface area contributed by atoms with E-state index in [4.69, 9.17) is 9.47 Å². The van der Waals surface area contributed by atoms with Gasteiger partial charge in [0.25, 0.3) is 0 Å². The van der Waals surface area contributed by atoms with Crippen molar-refractivity contribution in [2.45, 2.75) is 53.8 Å². The van der Waals surface area contributed by atoms with Crippen LogP contribution in [0.5, 0.6) is 0 Å². The van der Waals surface area contributed by atoms with Crippen molar-refractivity contribution in [3.63, 3.8) is 0 Å². The molecule has 0 radical (unpaired) electrons. The summed E-state index contributed by atoms with van der Waals surface area (Å²) in [6.45, 7) is 11.1. The highest BCUT2D eigenvalue weighted by molar-refractivity contribution is 5.88. The zero-order valence-corrected chi connectivity index (χ0v) is 12.6. The molecule has 0 aliphatic carbocycles. The van der Waals surface area contributed by atoms with Crippen LogP contribution in [0.4, 0.5) is 0 Å². The summed E-state index contributed by atoms with van der Waals surface area (Å²) in [5.41, 5.74) is 0.643. The smallest absolute Gasteiger partial charge is 0.333 e. The van der Waals surface area contributed by atoms with E-state index in [1.807, 2.05) is 33.8 Å². The molecule has 1 aliphatic heterocycles. The molecule has 4 heteroatoms. The first-order valence-corrected chi connectivity index (χ1v) is 6.80. The first-order valence-electron chi connectivity index (χ1n) is 6.80. The highest BCUT2D eigenvalue weighted by Gasteiger charge is 2.37. The van der Waals surface area contributed by atoms with E-state index < -0.39 is 0 Å². The molecule has 1 rings (SSSR count). The van der Waals surface area contributed by atoms with Gasteiger partial charge in [-0.1, -0.05) is 33.8 Å². The van der Waals surface area contributed by atoms with Gasteiger partial charge in [-0.25, -0.2) is 4.79 Å². The van der Waals surface area contributed by atoms with E-state index >= 15 is 0 Å². The number of ether oxygens (including phenoxy) is 2. The summed E-state index contributed by atoms with van der Waals surface area (Å²) in [6, 6.07) is 0. The van der Waals surface area contributed by atoms with E-state index in [9.17, 15) is 9.59 Å². The molecule has 4 atom stereocenters. The Kier molecular flexibility index (Phi) is 5.15. The van der Waals surface area contributed by atoms with Gasteiger partial charge >= 0.3 is 11.9 Å². The maximum absolute atomic E-state index is 11.7. The molecule has 0 aromatic rings. The third-order valence-electron chi connectivity index (χ3n) is 3.59. The number of rotatable bonds is 4. The number of hydrogen-bond acceptors (Lipinski definition) is 4. The van der Waals surface area contributed by atoms with Gasteiger partial charge in [-0.05, 0) is 12.8 Å². The van der Waals surface area contributed by atoms with E-state index in [-0.39, 0.29) is 41.9 Å². The average molecular weight is 268 g/mol. The molecule has 0 saturated carbocycles. The van der Waals surface area contributed by atoms with Gasteiger partial charge < -0.3 is 9.47 Å². The maximum Gasteiger partial charge on any atom is 0.333 e. The minimum atomic E-state index is -0.299. The number of cyclic esters (lactones) is 1. The lowest BCUT2D eigenvalue weighted by atomic mass is 9.83. The van der Waals surface area contributed by atoms with E-state index in [1.54, 1.807) is 6.92 Å². The molecule has 1 heterocycles. The Balaban J connectivity index is 2.88. The van der Waals surface area contributed by atoms with Crippen molar-refractivity contribution in [1.82, 2.24) is 0 Å². The van der Waals surface area contributed by atoms with Crippen LogP contribution in [0.15, 0.2) is 11.6 Å². The standard InChI is InChI=1S/C15H24O4/c1-8(2)13(18-12(6)16)11(5)14-9(3)7-10(4)15(17)19-14/h7-9,11,13-14H,1-6H3/t9-,11+,13-,14+/m0/s1. The molecule has 0 spiro atoms. The lowest BCUT2D eigenvalue weighted by Gasteiger charge is -2.36. The van der Waals surface area contributed by atoms with E-state index in [0.29, 0.717) is 5.57 Å². The van der Waals surface area contributed by atoms with Gasteiger partial charge in [-0.3, -0.25) is 4.79 Å². The van der Waals surface area contributed by atoms with Crippen LogP contribution in [0.2, 0.25) is 0 Å². The fraction of sp³-hybridized carbons (Fsp3) is 0.733. The molecule has 108 valence electrons. The van der Waals surface area contributed by atoms with Crippen molar-refractivity contribution in [2.24, 2.45) is 17.8 Å². The Morgan fingerprint density at radius 1 is 1.37 bits per heavy atom. The zero-order valence-electron chi connectivity index (χ0n) is 12.6. The molecule has 0 N–H and O–H groups in total. The van der Waals surface area contributed by atoms with Gasteiger partial charge in [0.1, 0.15) is 12.2 Å². The van der Waals surface area contributed by atoms with Crippen molar-refractivity contribution in [1.29, 1.82) is 0 Å². The molecule has 0 fully saturated rings. The first kappa shape index (κ1) is 15.7. The van der Waals surface area contributed by atoms with Gasteiger partial charge in [0.05, 0.1) is 0 Å². The third kappa shape index (κ3) is 3.82. The van der Waals surface area contributed by atoms with Crippen LogP contribution in [-0.4, -0.2) is 24.1 Å². The topological polar surface area (TPSA) is 52.6 Å². The second-order valence-corrected chi connectivity index (χ2v) is 5.76. The second kappa shape index (κ2) is 6.22. The molecule has 0 bridgehead atoms. The minimum absolute atomic E-state index is 0.0350.